The summed E-state index contributed by atoms with van der Waals surface area (Å²) >= 11 is 4.96. The monoisotopic (exact) mass is 326 g/mol. The molecule has 0 bridgehead atoms. The molecule has 18 heavy (non-hydrogen) atoms. The lowest BCUT2D eigenvalue weighted by Gasteiger charge is -2.10. The van der Waals surface area contributed by atoms with Gasteiger partial charge in [-0.3, -0.25) is 0 Å². The van der Waals surface area contributed by atoms with Crippen molar-refractivity contribution in [2.75, 3.05) is 18.9 Å². The number of hydrogen-bond acceptors (Lipinski definition) is 5. The lowest BCUT2D eigenvalue weighted by atomic mass is 10.1. The Kier molecular flexibility index (Phi) is 3.13. The van der Waals surface area contributed by atoms with Crippen molar-refractivity contribution in [3.8, 4) is 22.8 Å². The van der Waals surface area contributed by atoms with Gasteiger partial charge in [-0.15, -0.1) is 11.3 Å². The zero-order chi connectivity index (χ0) is 12.5. The molecule has 2 heterocycles. The average Bonchev–Trinajstić information content (AvgIpc) is 2.65. The molecule has 0 atom stereocenters. The summed E-state index contributed by atoms with van der Waals surface area (Å²) in [7, 11) is 0. The highest BCUT2D eigenvalue weighted by Gasteiger charge is 2.16. The van der Waals surface area contributed by atoms with Gasteiger partial charge in [-0.1, -0.05) is 0 Å². The molecule has 0 spiro atoms. The molecule has 3 rings (SSSR count). The third kappa shape index (κ3) is 2.18. The van der Waals surface area contributed by atoms with E-state index in [2.05, 4.69) is 20.9 Å². The number of nitrogens with two attached hydrogens (primary N) is 1. The number of rotatable bonds is 1. The summed E-state index contributed by atoms with van der Waals surface area (Å²) < 4.78 is 12.2. The number of benzene rings is 1. The summed E-state index contributed by atoms with van der Waals surface area (Å²) in [6.45, 7) is 1.36. The van der Waals surface area contributed by atoms with Gasteiger partial charge >= 0.3 is 0 Å². The Morgan fingerprint density at radius 3 is 2.61 bits per heavy atom. The molecule has 4 nitrogen and oxygen atoms in total. The van der Waals surface area contributed by atoms with Gasteiger partial charge in [0.05, 0.1) is 18.9 Å². The second kappa shape index (κ2) is 4.78. The molecule has 1 aromatic carbocycles. The van der Waals surface area contributed by atoms with Crippen LogP contribution < -0.4 is 15.2 Å². The third-order valence-electron chi connectivity index (χ3n) is 2.64. The molecule has 0 unspecified atom stereocenters. The highest BCUT2D eigenvalue weighted by Crippen LogP contribution is 2.40. The fourth-order valence-corrected chi connectivity index (χ4v) is 2.88. The minimum Gasteiger partial charge on any atom is -0.490 e. The largest absolute Gasteiger partial charge is 0.490 e. The van der Waals surface area contributed by atoms with Gasteiger partial charge in [-0.05, 0) is 28.1 Å². The number of aromatic nitrogens is 1. The lowest BCUT2D eigenvalue weighted by Crippen LogP contribution is -1.97. The zero-order valence-electron chi connectivity index (χ0n) is 9.48. The lowest BCUT2D eigenvalue weighted by molar-refractivity contribution is 0.297. The summed E-state index contributed by atoms with van der Waals surface area (Å²) in [5, 5.41) is 2.49. The molecule has 1 aromatic heterocycles. The Bertz CT molecular complexity index is 585. The van der Waals surface area contributed by atoms with Crippen molar-refractivity contribution in [3.05, 3.63) is 22.0 Å². The molecular weight excluding hydrogens is 316 g/mol. The van der Waals surface area contributed by atoms with Crippen LogP contribution in [0.1, 0.15) is 6.42 Å². The summed E-state index contributed by atoms with van der Waals surface area (Å²) in [6, 6.07) is 3.87. The number of ether oxygens (including phenoxy) is 2. The van der Waals surface area contributed by atoms with Crippen LogP contribution in [0.4, 0.5) is 5.13 Å². The minimum atomic E-state index is 0.559. The first kappa shape index (κ1) is 11.8. The van der Waals surface area contributed by atoms with Gasteiger partial charge in [-0.2, -0.15) is 0 Å². The Morgan fingerprint density at radius 1 is 1.22 bits per heavy atom. The highest BCUT2D eigenvalue weighted by molar-refractivity contribution is 9.10. The maximum Gasteiger partial charge on any atom is 0.180 e. The van der Waals surface area contributed by atoms with Gasteiger partial charge < -0.3 is 15.2 Å². The van der Waals surface area contributed by atoms with Crippen molar-refractivity contribution in [2.24, 2.45) is 0 Å². The second-order valence-electron chi connectivity index (χ2n) is 3.90. The quantitative estimate of drug-likeness (QED) is 0.873. The first-order valence-corrected chi connectivity index (χ1v) is 7.22. The Balaban J connectivity index is 2.08. The molecule has 0 saturated carbocycles. The van der Waals surface area contributed by atoms with E-state index < -0.39 is 0 Å². The molecular formula is C12H11BrN2O2S. The van der Waals surface area contributed by atoms with Crippen LogP contribution in [0, 0.1) is 0 Å². The van der Waals surface area contributed by atoms with E-state index >= 15 is 0 Å². The number of halogens is 1. The van der Waals surface area contributed by atoms with Crippen molar-refractivity contribution >= 4 is 32.4 Å². The number of nitrogen functional groups attached to an aromatic ring is 1. The van der Waals surface area contributed by atoms with Gasteiger partial charge in [0.2, 0.25) is 0 Å². The van der Waals surface area contributed by atoms with E-state index in [9.17, 15) is 0 Å². The zero-order valence-corrected chi connectivity index (χ0v) is 11.9. The summed E-state index contributed by atoms with van der Waals surface area (Å²) in [4.78, 5) is 4.28. The molecule has 0 amide bonds. The van der Waals surface area contributed by atoms with E-state index in [4.69, 9.17) is 15.2 Å². The highest BCUT2D eigenvalue weighted by atomic mass is 79.9. The molecule has 2 aromatic rings. The van der Waals surface area contributed by atoms with Crippen molar-refractivity contribution in [1.29, 1.82) is 0 Å². The molecule has 0 saturated heterocycles. The van der Waals surface area contributed by atoms with Crippen LogP contribution in [0.5, 0.6) is 11.5 Å². The SMILES string of the molecule is Nc1nc(-c2cc3c(cc2Br)OCCCO3)cs1. The van der Waals surface area contributed by atoms with E-state index in [-0.39, 0.29) is 0 Å². The fraction of sp³-hybridized carbons (Fsp3) is 0.250. The second-order valence-corrected chi connectivity index (χ2v) is 5.64. The van der Waals surface area contributed by atoms with Gasteiger partial charge in [0.25, 0.3) is 0 Å². The van der Waals surface area contributed by atoms with Crippen molar-refractivity contribution < 1.29 is 9.47 Å². The molecule has 2 N–H and O–H groups in total. The first-order valence-electron chi connectivity index (χ1n) is 5.54. The number of thiazole rings is 1. The van der Waals surface area contributed by atoms with E-state index in [1.165, 1.54) is 11.3 Å². The maximum absolute atomic E-state index is 5.67. The molecule has 94 valence electrons. The van der Waals surface area contributed by atoms with Crippen molar-refractivity contribution in [1.82, 2.24) is 4.98 Å². The molecule has 1 aliphatic rings. The molecule has 6 heteroatoms. The van der Waals surface area contributed by atoms with E-state index in [1.807, 2.05) is 17.5 Å². The van der Waals surface area contributed by atoms with Gasteiger partial charge in [0.15, 0.2) is 16.6 Å². The molecule has 0 radical (unpaired) electrons. The van der Waals surface area contributed by atoms with Crippen LogP contribution in [0.2, 0.25) is 0 Å². The van der Waals surface area contributed by atoms with E-state index in [0.29, 0.717) is 18.3 Å². The number of nitrogens with zero attached hydrogens (tertiary/aromatic N) is 1. The van der Waals surface area contributed by atoms with Crippen molar-refractivity contribution in [2.45, 2.75) is 6.42 Å². The average molecular weight is 327 g/mol. The standard InChI is InChI=1S/C12H11BrN2O2S/c13-8-5-11-10(16-2-1-3-17-11)4-7(8)9-6-18-12(14)15-9/h4-6H,1-3H2,(H2,14,15). The van der Waals surface area contributed by atoms with Gasteiger partial charge in [0.1, 0.15) is 0 Å². The minimum absolute atomic E-state index is 0.559. The van der Waals surface area contributed by atoms with Crippen LogP contribution in [-0.2, 0) is 0 Å². The van der Waals surface area contributed by atoms with E-state index in [1.54, 1.807) is 0 Å². The summed E-state index contributed by atoms with van der Waals surface area (Å²) in [5.41, 5.74) is 7.48. The Hall–Kier alpha value is -1.27. The van der Waals surface area contributed by atoms with Crippen LogP contribution in [0.15, 0.2) is 22.0 Å². The first-order chi connectivity index (χ1) is 8.74. The molecule has 0 fully saturated rings. The van der Waals surface area contributed by atoms with Gasteiger partial charge in [0, 0.05) is 21.8 Å². The fourth-order valence-electron chi connectivity index (χ4n) is 1.79. The van der Waals surface area contributed by atoms with Crippen LogP contribution >= 0.6 is 27.3 Å². The number of anilines is 1. The van der Waals surface area contributed by atoms with E-state index in [0.717, 1.165) is 33.6 Å². The summed E-state index contributed by atoms with van der Waals surface area (Å²) in [6.07, 6.45) is 0.894. The smallest absolute Gasteiger partial charge is 0.180 e. The predicted octanol–water partition coefficient (Wildman–Crippen LogP) is 3.32. The molecule has 1 aliphatic heterocycles. The predicted molar refractivity (Wildman–Crippen MR) is 75.3 cm³/mol. The Labute approximate surface area is 117 Å². The van der Waals surface area contributed by atoms with Crippen LogP contribution in [0.25, 0.3) is 11.3 Å². The summed E-state index contributed by atoms with van der Waals surface area (Å²) in [5.74, 6) is 1.53. The van der Waals surface area contributed by atoms with Gasteiger partial charge in [-0.25, -0.2) is 4.98 Å². The molecule has 0 aliphatic carbocycles. The topological polar surface area (TPSA) is 57.4 Å². The Morgan fingerprint density at radius 2 is 1.94 bits per heavy atom. The number of hydrogen-bond donors (Lipinski definition) is 1. The third-order valence-corrected chi connectivity index (χ3v) is 3.97. The number of fused-ring (bicyclic) bond motifs is 1. The van der Waals surface area contributed by atoms with Crippen LogP contribution in [0.3, 0.4) is 0 Å². The van der Waals surface area contributed by atoms with Crippen LogP contribution in [-0.4, -0.2) is 18.2 Å². The maximum atomic E-state index is 5.67. The normalized spacial score (nSPS) is 14.3. The van der Waals surface area contributed by atoms with Crippen molar-refractivity contribution in [3.63, 3.8) is 0 Å².